The summed E-state index contributed by atoms with van der Waals surface area (Å²) in [6.07, 6.45) is 7.48. The molecule has 0 radical (unpaired) electrons. The van der Waals surface area contributed by atoms with Gasteiger partial charge in [-0.25, -0.2) is 9.97 Å². The lowest BCUT2D eigenvalue weighted by Gasteiger charge is -2.24. The molecule has 2 aliphatic rings. The van der Waals surface area contributed by atoms with Crippen LogP contribution in [0.2, 0.25) is 0 Å². The van der Waals surface area contributed by atoms with Crippen LogP contribution in [0.4, 0.5) is 0 Å². The molecule has 2 aromatic heterocycles. The average Bonchev–Trinajstić information content (AvgIpc) is 3.11. The lowest BCUT2D eigenvalue weighted by atomic mass is 10.1. The van der Waals surface area contributed by atoms with E-state index in [0.29, 0.717) is 22.5 Å². The molecule has 2 saturated heterocycles. The maximum atomic E-state index is 13.5. The Kier molecular flexibility index (Phi) is 6.92. The molecular weight excluding hydrogens is 466 g/mol. The van der Waals surface area contributed by atoms with Crippen molar-refractivity contribution in [1.29, 1.82) is 0 Å². The molecular formula is C25H29N5O4S. The number of likely N-dealkylation sites (tertiary alicyclic amines) is 1. The van der Waals surface area contributed by atoms with Crippen molar-refractivity contribution in [2.45, 2.75) is 64.6 Å². The summed E-state index contributed by atoms with van der Waals surface area (Å²) in [5, 5.41) is 3.49. The van der Waals surface area contributed by atoms with Crippen LogP contribution in [0, 0.1) is 6.92 Å². The number of hydrogen-bond donors (Lipinski definition) is 1. The summed E-state index contributed by atoms with van der Waals surface area (Å²) in [5.74, 6) is 0.0247. The molecule has 0 saturated carbocycles. The van der Waals surface area contributed by atoms with Crippen LogP contribution >= 0.6 is 11.3 Å². The van der Waals surface area contributed by atoms with Crippen LogP contribution in [0.15, 0.2) is 29.2 Å². The van der Waals surface area contributed by atoms with Gasteiger partial charge in [-0.1, -0.05) is 18.9 Å². The van der Waals surface area contributed by atoms with Crippen LogP contribution in [0.3, 0.4) is 0 Å². The van der Waals surface area contributed by atoms with Crippen molar-refractivity contribution >= 4 is 34.1 Å². The number of carbonyl (C=O) groups is 2. The molecule has 1 atom stereocenters. The first kappa shape index (κ1) is 23.6. The van der Waals surface area contributed by atoms with E-state index in [1.807, 2.05) is 6.20 Å². The maximum absolute atomic E-state index is 13.5. The van der Waals surface area contributed by atoms with E-state index in [2.05, 4.69) is 20.2 Å². The van der Waals surface area contributed by atoms with E-state index in [0.717, 1.165) is 24.6 Å². The quantitative estimate of drug-likeness (QED) is 0.524. The molecule has 0 spiro atoms. The van der Waals surface area contributed by atoms with E-state index in [1.165, 1.54) is 35.1 Å². The molecule has 2 fully saturated rings. The minimum Gasteiger partial charge on any atom is -0.486 e. The Hall–Kier alpha value is -3.11. The van der Waals surface area contributed by atoms with Gasteiger partial charge in [-0.3, -0.25) is 29.2 Å². The van der Waals surface area contributed by atoms with Crippen LogP contribution in [-0.4, -0.2) is 44.3 Å². The lowest BCUT2D eigenvalue weighted by Crippen LogP contribution is -2.45. The molecule has 1 N–H and O–H groups in total. The van der Waals surface area contributed by atoms with Crippen LogP contribution in [0.25, 0.3) is 10.9 Å². The van der Waals surface area contributed by atoms with Gasteiger partial charge < -0.3 is 4.74 Å². The second-order valence-corrected chi connectivity index (χ2v) is 10.4. The van der Waals surface area contributed by atoms with Crippen LogP contribution in [0.1, 0.15) is 60.3 Å². The number of nitrogens with one attached hydrogen (secondary N) is 1. The van der Waals surface area contributed by atoms with Crippen molar-refractivity contribution < 1.29 is 14.3 Å². The molecule has 4 heterocycles. The summed E-state index contributed by atoms with van der Waals surface area (Å²) in [6.45, 7) is 5.11. The summed E-state index contributed by atoms with van der Waals surface area (Å²) in [5.41, 5.74) is 0.160. The van der Waals surface area contributed by atoms with Gasteiger partial charge in [0.2, 0.25) is 11.8 Å². The van der Waals surface area contributed by atoms with Gasteiger partial charge in [0.25, 0.3) is 5.56 Å². The second-order valence-electron chi connectivity index (χ2n) is 9.15. The van der Waals surface area contributed by atoms with Gasteiger partial charge in [-0.2, -0.15) is 0 Å². The number of hydrogen-bond acceptors (Lipinski definition) is 8. The Morgan fingerprint density at radius 3 is 2.71 bits per heavy atom. The van der Waals surface area contributed by atoms with Gasteiger partial charge >= 0.3 is 0 Å². The van der Waals surface area contributed by atoms with E-state index < -0.39 is 11.9 Å². The number of nitrogens with zero attached hydrogens (tertiary/aromatic N) is 4. The number of rotatable bonds is 6. The molecule has 10 heteroatoms. The fraction of sp³-hybridized carbons (Fsp3) is 0.480. The first-order valence-corrected chi connectivity index (χ1v) is 13.0. The number of fused-ring (bicyclic) bond motifs is 1. The number of aryl methyl sites for hydroxylation is 1. The topological polar surface area (TPSA) is 106 Å². The molecule has 5 rings (SSSR count). The first-order valence-electron chi connectivity index (χ1n) is 12.1. The first-order chi connectivity index (χ1) is 17.0. The number of aromatic nitrogens is 3. The number of benzene rings is 1. The second kappa shape index (κ2) is 10.2. The Balaban J connectivity index is 1.36. The van der Waals surface area contributed by atoms with Gasteiger partial charge in [0.05, 0.1) is 5.52 Å². The zero-order valence-corrected chi connectivity index (χ0v) is 20.6. The molecule has 9 nitrogen and oxygen atoms in total. The number of imide groups is 1. The minimum absolute atomic E-state index is 0.183. The fourth-order valence-corrected chi connectivity index (χ4v) is 5.76. The Bertz CT molecular complexity index is 1310. The zero-order chi connectivity index (χ0) is 24.4. The third-order valence-corrected chi connectivity index (χ3v) is 7.58. The number of carbonyl (C=O) groups excluding carboxylic acids is 2. The Labute approximate surface area is 207 Å². The van der Waals surface area contributed by atoms with Crippen molar-refractivity contribution in [3.63, 3.8) is 0 Å². The standard InChI is InChI=1S/C25H29N5O4S/c1-16-27-18-7-6-8-20(23(18)25(33)30(16)19-9-10-21(31)28-24(19)32)34-15-22-26-13-17(35-22)14-29-11-4-2-3-5-12-29/h6-8,13,19H,2-5,9-12,14-15H2,1H3,(H,28,31,32). The van der Waals surface area contributed by atoms with Crippen molar-refractivity contribution in [3.8, 4) is 5.75 Å². The van der Waals surface area contributed by atoms with Gasteiger partial charge in [-0.15, -0.1) is 11.3 Å². The Morgan fingerprint density at radius 2 is 1.94 bits per heavy atom. The molecule has 1 unspecified atom stereocenters. The van der Waals surface area contributed by atoms with E-state index in [9.17, 15) is 14.4 Å². The number of piperidine rings is 1. The molecule has 2 aliphatic heterocycles. The van der Waals surface area contributed by atoms with Gasteiger partial charge in [0, 0.05) is 24.0 Å². The smallest absolute Gasteiger partial charge is 0.265 e. The molecule has 0 aliphatic carbocycles. The third kappa shape index (κ3) is 5.13. The Morgan fingerprint density at radius 1 is 1.14 bits per heavy atom. The zero-order valence-electron chi connectivity index (χ0n) is 19.8. The predicted octanol–water partition coefficient (Wildman–Crippen LogP) is 3.09. The van der Waals surface area contributed by atoms with Gasteiger partial charge in [0.1, 0.15) is 34.6 Å². The van der Waals surface area contributed by atoms with E-state index in [-0.39, 0.29) is 30.9 Å². The molecule has 3 aromatic rings. The summed E-state index contributed by atoms with van der Waals surface area (Å²) < 4.78 is 7.44. The normalized spacial score (nSPS) is 19.5. The summed E-state index contributed by atoms with van der Waals surface area (Å²) >= 11 is 1.63. The van der Waals surface area contributed by atoms with Crippen molar-refractivity contribution in [3.05, 3.63) is 50.5 Å². The van der Waals surface area contributed by atoms with Crippen LogP contribution < -0.4 is 15.6 Å². The van der Waals surface area contributed by atoms with Crippen molar-refractivity contribution in [2.75, 3.05) is 13.1 Å². The molecule has 2 amide bonds. The van der Waals surface area contributed by atoms with Gasteiger partial charge in [0.15, 0.2) is 0 Å². The lowest BCUT2D eigenvalue weighted by molar-refractivity contribution is -0.135. The largest absolute Gasteiger partial charge is 0.486 e. The van der Waals surface area contributed by atoms with E-state index in [4.69, 9.17) is 4.74 Å². The van der Waals surface area contributed by atoms with Crippen LogP contribution in [-0.2, 0) is 22.7 Å². The summed E-state index contributed by atoms with van der Waals surface area (Å²) in [7, 11) is 0. The third-order valence-electron chi connectivity index (χ3n) is 6.62. The summed E-state index contributed by atoms with van der Waals surface area (Å²) in [6, 6.07) is 4.52. The highest BCUT2D eigenvalue weighted by atomic mass is 32.1. The SMILES string of the molecule is Cc1nc2cccc(OCc3ncc(CN4CCCCCC4)s3)c2c(=O)n1C1CCC(=O)NC1=O. The van der Waals surface area contributed by atoms with E-state index in [1.54, 1.807) is 36.5 Å². The molecule has 1 aromatic carbocycles. The van der Waals surface area contributed by atoms with Crippen molar-refractivity contribution in [1.82, 2.24) is 24.8 Å². The minimum atomic E-state index is -0.773. The summed E-state index contributed by atoms with van der Waals surface area (Å²) in [4.78, 5) is 50.3. The number of ether oxygens (including phenoxy) is 1. The highest BCUT2D eigenvalue weighted by molar-refractivity contribution is 7.11. The average molecular weight is 496 g/mol. The molecule has 0 bridgehead atoms. The fourth-order valence-electron chi connectivity index (χ4n) is 4.88. The highest BCUT2D eigenvalue weighted by Crippen LogP contribution is 2.26. The molecule has 184 valence electrons. The van der Waals surface area contributed by atoms with Crippen molar-refractivity contribution in [2.24, 2.45) is 0 Å². The predicted molar refractivity (Wildman–Crippen MR) is 132 cm³/mol. The molecule has 35 heavy (non-hydrogen) atoms. The number of amides is 2. The van der Waals surface area contributed by atoms with Crippen LogP contribution in [0.5, 0.6) is 5.75 Å². The number of thiazole rings is 1. The van der Waals surface area contributed by atoms with Gasteiger partial charge in [-0.05, 0) is 51.4 Å². The monoisotopic (exact) mass is 495 g/mol. The highest BCUT2D eigenvalue weighted by Gasteiger charge is 2.31. The van der Waals surface area contributed by atoms with E-state index >= 15 is 0 Å². The maximum Gasteiger partial charge on any atom is 0.265 e.